The summed E-state index contributed by atoms with van der Waals surface area (Å²) in [5, 5.41) is 0. The molecular formula is C21H22N2O3. The Morgan fingerprint density at radius 3 is 2.65 bits per heavy atom. The van der Waals surface area contributed by atoms with Gasteiger partial charge in [-0.25, -0.2) is 0 Å². The minimum atomic E-state index is 0.239. The van der Waals surface area contributed by atoms with E-state index in [2.05, 4.69) is 35.2 Å². The Kier molecular flexibility index (Phi) is 3.73. The molecule has 26 heavy (non-hydrogen) atoms. The van der Waals surface area contributed by atoms with Crippen molar-refractivity contribution in [1.82, 2.24) is 0 Å². The zero-order valence-corrected chi connectivity index (χ0v) is 14.7. The Morgan fingerprint density at radius 1 is 1.00 bits per heavy atom. The SMILES string of the molecule is O=C(C1CC1)N1CCCN(Cc2ccc3c(c2)OCO3)c2ccccc21. The molecule has 0 aromatic heterocycles. The van der Waals surface area contributed by atoms with E-state index in [9.17, 15) is 4.79 Å². The van der Waals surface area contributed by atoms with Crippen molar-refractivity contribution in [3.8, 4) is 11.5 Å². The minimum absolute atomic E-state index is 0.239. The van der Waals surface area contributed by atoms with Crippen LogP contribution in [0.4, 0.5) is 11.4 Å². The fourth-order valence-electron chi connectivity index (χ4n) is 3.82. The number of amides is 1. The van der Waals surface area contributed by atoms with Crippen LogP contribution in [0.3, 0.4) is 0 Å². The van der Waals surface area contributed by atoms with Gasteiger partial charge in [-0.2, -0.15) is 0 Å². The normalized spacial score (nSPS) is 18.5. The summed E-state index contributed by atoms with van der Waals surface area (Å²) in [4.78, 5) is 17.1. The summed E-state index contributed by atoms with van der Waals surface area (Å²) in [6, 6.07) is 14.4. The van der Waals surface area contributed by atoms with Gasteiger partial charge in [0, 0.05) is 25.6 Å². The number of fused-ring (bicyclic) bond motifs is 2. The van der Waals surface area contributed by atoms with Gasteiger partial charge in [-0.3, -0.25) is 4.79 Å². The number of carbonyl (C=O) groups excluding carboxylic acids is 1. The van der Waals surface area contributed by atoms with Crippen LogP contribution >= 0.6 is 0 Å². The Bertz CT molecular complexity index is 847. The van der Waals surface area contributed by atoms with Gasteiger partial charge in [0.15, 0.2) is 11.5 Å². The van der Waals surface area contributed by atoms with Gasteiger partial charge in [0.2, 0.25) is 12.7 Å². The maximum absolute atomic E-state index is 12.7. The molecule has 0 saturated heterocycles. The number of hydrogen-bond acceptors (Lipinski definition) is 4. The van der Waals surface area contributed by atoms with Crippen LogP contribution in [0.1, 0.15) is 24.8 Å². The Balaban J connectivity index is 1.45. The van der Waals surface area contributed by atoms with Crippen LogP contribution in [0.15, 0.2) is 42.5 Å². The van der Waals surface area contributed by atoms with E-state index < -0.39 is 0 Å². The number of carbonyl (C=O) groups is 1. The molecular weight excluding hydrogens is 328 g/mol. The molecule has 5 rings (SSSR count). The fraction of sp³-hybridized carbons (Fsp3) is 0.381. The lowest BCUT2D eigenvalue weighted by molar-refractivity contribution is -0.119. The first-order chi connectivity index (χ1) is 12.8. The van der Waals surface area contributed by atoms with Gasteiger partial charge in [0.1, 0.15) is 0 Å². The second-order valence-electron chi connectivity index (χ2n) is 7.22. The van der Waals surface area contributed by atoms with Gasteiger partial charge in [-0.1, -0.05) is 18.2 Å². The highest BCUT2D eigenvalue weighted by molar-refractivity contribution is 5.99. The smallest absolute Gasteiger partial charge is 0.231 e. The molecule has 2 heterocycles. The molecule has 0 spiro atoms. The molecule has 1 amide bonds. The van der Waals surface area contributed by atoms with Crippen molar-refractivity contribution in [3.63, 3.8) is 0 Å². The van der Waals surface area contributed by atoms with Gasteiger partial charge in [0.05, 0.1) is 11.4 Å². The van der Waals surface area contributed by atoms with Gasteiger partial charge >= 0.3 is 0 Å². The predicted octanol–water partition coefficient (Wildman–Crippen LogP) is 3.57. The Morgan fingerprint density at radius 2 is 1.81 bits per heavy atom. The molecule has 2 aliphatic heterocycles. The van der Waals surface area contributed by atoms with Crippen molar-refractivity contribution in [3.05, 3.63) is 48.0 Å². The third kappa shape index (κ3) is 2.77. The van der Waals surface area contributed by atoms with Gasteiger partial charge in [-0.15, -0.1) is 0 Å². The molecule has 1 fully saturated rings. The molecule has 0 atom stereocenters. The monoisotopic (exact) mass is 350 g/mol. The Hall–Kier alpha value is -2.69. The maximum Gasteiger partial charge on any atom is 0.231 e. The maximum atomic E-state index is 12.7. The summed E-state index contributed by atoms with van der Waals surface area (Å²) in [7, 11) is 0. The average molecular weight is 350 g/mol. The standard InChI is InChI=1S/C21H22N2O3/c24-21(16-7-8-16)23-11-3-10-22(17-4-1-2-5-18(17)23)13-15-6-9-19-20(12-15)26-14-25-19/h1-2,4-6,9,12,16H,3,7-8,10-11,13-14H2. The molecule has 0 bridgehead atoms. The molecule has 0 unspecified atom stereocenters. The third-order valence-electron chi connectivity index (χ3n) is 5.33. The van der Waals surface area contributed by atoms with Crippen LogP contribution in [-0.4, -0.2) is 25.8 Å². The number of anilines is 2. The van der Waals surface area contributed by atoms with E-state index in [0.717, 1.165) is 61.8 Å². The summed E-state index contributed by atoms with van der Waals surface area (Å²) in [5.74, 6) is 2.16. The van der Waals surface area contributed by atoms with E-state index >= 15 is 0 Å². The lowest BCUT2D eigenvalue weighted by Gasteiger charge is -2.27. The molecule has 1 saturated carbocycles. The summed E-state index contributed by atoms with van der Waals surface area (Å²) >= 11 is 0. The van der Waals surface area contributed by atoms with Gasteiger partial charge in [0.25, 0.3) is 0 Å². The van der Waals surface area contributed by atoms with E-state index in [0.29, 0.717) is 12.7 Å². The van der Waals surface area contributed by atoms with Crippen molar-refractivity contribution in [2.45, 2.75) is 25.8 Å². The summed E-state index contributed by atoms with van der Waals surface area (Å²) in [5.41, 5.74) is 3.37. The van der Waals surface area contributed by atoms with Crippen LogP contribution in [0, 0.1) is 5.92 Å². The molecule has 1 aliphatic carbocycles. The first-order valence-corrected chi connectivity index (χ1v) is 9.33. The van der Waals surface area contributed by atoms with Crippen molar-refractivity contribution >= 4 is 17.3 Å². The number of hydrogen-bond donors (Lipinski definition) is 0. The highest BCUT2D eigenvalue weighted by Crippen LogP contribution is 2.39. The largest absolute Gasteiger partial charge is 0.454 e. The lowest BCUT2D eigenvalue weighted by atomic mass is 10.1. The molecule has 0 N–H and O–H groups in total. The van der Waals surface area contributed by atoms with Crippen LogP contribution in [0.5, 0.6) is 11.5 Å². The van der Waals surface area contributed by atoms with Crippen molar-refractivity contribution < 1.29 is 14.3 Å². The van der Waals surface area contributed by atoms with E-state index in [4.69, 9.17) is 9.47 Å². The second-order valence-corrected chi connectivity index (χ2v) is 7.22. The average Bonchev–Trinajstić information content (AvgIpc) is 3.44. The molecule has 0 radical (unpaired) electrons. The van der Waals surface area contributed by atoms with E-state index in [1.807, 2.05) is 17.0 Å². The molecule has 5 nitrogen and oxygen atoms in total. The zero-order chi connectivity index (χ0) is 17.5. The zero-order valence-electron chi connectivity index (χ0n) is 14.7. The molecule has 3 aliphatic rings. The van der Waals surface area contributed by atoms with Crippen LogP contribution in [0.2, 0.25) is 0 Å². The van der Waals surface area contributed by atoms with Crippen LogP contribution in [0.25, 0.3) is 0 Å². The number of benzene rings is 2. The fourth-order valence-corrected chi connectivity index (χ4v) is 3.82. The summed E-state index contributed by atoms with van der Waals surface area (Å²) in [6.45, 7) is 2.81. The minimum Gasteiger partial charge on any atom is -0.454 e. The van der Waals surface area contributed by atoms with E-state index in [-0.39, 0.29) is 5.92 Å². The van der Waals surface area contributed by atoms with Crippen molar-refractivity contribution in [2.24, 2.45) is 5.92 Å². The van der Waals surface area contributed by atoms with Crippen LogP contribution in [-0.2, 0) is 11.3 Å². The lowest BCUT2D eigenvalue weighted by Crippen LogP contribution is -2.32. The molecule has 2 aromatic rings. The first-order valence-electron chi connectivity index (χ1n) is 9.33. The van der Waals surface area contributed by atoms with E-state index in [1.54, 1.807) is 0 Å². The summed E-state index contributed by atoms with van der Waals surface area (Å²) < 4.78 is 10.9. The number of rotatable bonds is 3. The predicted molar refractivity (Wildman–Crippen MR) is 99.8 cm³/mol. The molecule has 2 aromatic carbocycles. The first kappa shape index (κ1) is 15.6. The number of ether oxygens (including phenoxy) is 2. The van der Waals surface area contributed by atoms with Crippen molar-refractivity contribution in [2.75, 3.05) is 29.7 Å². The van der Waals surface area contributed by atoms with Crippen LogP contribution < -0.4 is 19.3 Å². The highest BCUT2D eigenvalue weighted by Gasteiger charge is 2.35. The molecule has 5 heteroatoms. The summed E-state index contributed by atoms with van der Waals surface area (Å²) in [6.07, 6.45) is 3.05. The topological polar surface area (TPSA) is 42.0 Å². The highest BCUT2D eigenvalue weighted by atomic mass is 16.7. The number of para-hydroxylation sites is 2. The molecule has 134 valence electrons. The second kappa shape index (κ2) is 6.24. The quantitative estimate of drug-likeness (QED) is 0.849. The van der Waals surface area contributed by atoms with Crippen molar-refractivity contribution in [1.29, 1.82) is 0 Å². The Labute approximate surface area is 153 Å². The third-order valence-corrected chi connectivity index (χ3v) is 5.33. The van der Waals surface area contributed by atoms with Gasteiger partial charge < -0.3 is 19.3 Å². The van der Waals surface area contributed by atoms with Gasteiger partial charge in [-0.05, 0) is 49.1 Å². The van der Waals surface area contributed by atoms with E-state index in [1.165, 1.54) is 5.56 Å². The number of nitrogens with zero attached hydrogens (tertiary/aromatic N) is 2.